The Bertz CT molecular complexity index is 754. The molecule has 0 aliphatic rings. The number of anilines is 1. The van der Waals surface area contributed by atoms with Gasteiger partial charge in [0.2, 0.25) is 0 Å². The van der Waals surface area contributed by atoms with Crippen LogP contribution in [-0.2, 0) is 26.1 Å². The van der Waals surface area contributed by atoms with Gasteiger partial charge in [0.1, 0.15) is 5.69 Å². The van der Waals surface area contributed by atoms with Gasteiger partial charge >= 0.3 is 5.69 Å². The predicted octanol–water partition coefficient (Wildman–Crippen LogP) is 0.439. The summed E-state index contributed by atoms with van der Waals surface area (Å²) in [5, 5.41) is 4.43. The molecule has 0 aliphatic heterocycles. The van der Waals surface area contributed by atoms with Gasteiger partial charge in [0, 0.05) is 19.3 Å². The van der Waals surface area contributed by atoms with Gasteiger partial charge in [-0.15, -0.1) is 0 Å². The number of nitrogen functional groups attached to an aromatic ring is 1. The number of aryl methyl sites for hydroxylation is 3. The third kappa shape index (κ3) is 2.76. The van der Waals surface area contributed by atoms with Crippen molar-refractivity contribution in [1.29, 1.82) is 0 Å². The predicted molar refractivity (Wildman–Crippen MR) is 81.4 cm³/mol. The number of hydrogen-bond donors (Lipinski definition) is 1. The van der Waals surface area contributed by atoms with E-state index in [2.05, 4.69) is 5.10 Å². The molecule has 0 radical (unpaired) electrons. The molecular weight excluding hydrogens is 270 g/mol. The molecule has 0 aromatic carbocycles. The van der Waals surface area contributed by atoms with Gasteiger partial charge in [-0.3, -0.25) is 18.6 Å². The fourth-order valence-electron chi connectivity index (χ4n) is 2.29. The quantitative estimate of drug-likeness (QED) is 0.865. The average molecular weight is 291 g/mol. The molecule has 2 aromatic rings. The van der Waals surface area contributed by atoms with Crippen LogP contribution in [0.2, 0.25) is 0 Å². The minimum absolute atomic E-state index is 0.0785. The highest BCUT2D eigenvalue weighted by molar-refractivity contribution is 5.31. The van der Waals surface area contributed by atoms with Crippen LogP contribution in [0.4, 0.5) is 5.69 Å². The van der Waals surface area contributed by atoms with E-state index in [9.17, 15) is 9.59 Å². The van der Waals surface area contributed by atoms with Gasteiger partial charge in [0.05, 0.1) is 17.9 Å². The van der Waals surface area contributed by atoms with Gasteiger partial charge < -0.3 is 5.73 Å². The van der Waals surface area contributed by atoms with Crippen LogP contribution in [0.3, 0.4) is 0 Å². The molecule has 0 saturated heterocycles. The lowest BCUT2D eigenvalue weighted by molar-refractivity contribution is 0.555. The summed E-state index contributed by atoms with van der Waals surface area (Å²) >= 11 is 0. The number of aromatic nitrogens is 4. The van der Waals surface area contributed by atoms with Crippen LogP contribution >= 0.6 is 0 Å². The number of nitrogens with zero attached hydrogens (tertiary/aromatic N) is 4. The van der Waals surface area contributed by atoms with Gasteiger partial charge in [-0.2, -0.15) is 5.10 Å². The molecule has 2 N–H and O–H groups in total. The first-order valence-corrected chi connectivity index (χ1v) is 7.17. The zero-order chi connectivity index (χ0) is 15.6. The van der Waals surface area contributed by atoms with Crippen LogP contribution in [-0.4, -0.2) is 18.9 Å². The van der Waals surface area contributed by atoms with Gasteiger partial charge in [0.25, 0.3) is 5.56 Å². The Balaban J connectivity index is 2.54. The van der Waals surface area contributed by atoms with E-state index in [1.54, 1.807) is 0 Å². The van der Waals surface area contributed by atoms with Crippen molar-refractivity contribution in [3.05, 3.63) is 44.5 Å². The smallest absolute Gasteiger partial charge is 0.331 e. The number of nitrogens with two attached hydrogens (primary N) is 1. The summed E-state index contributed by atoms with van der Waals surface area (Å²) in [4.78, 5) is 24.4. The van der Waals surface area contributed by atoms with Crippen molar-refractivity contribution < 1.29 is 0 Å². The zero-order valence-corrected chi connectivity index (χ0v) is 12.7. The van der Waals surface area contributed by atoms with E-state index in [-0.39, 0.29) is 17.9 Å². The Morgan fingerprint density at radius 1 is 1.19 bits per heavy atom. The second kappa shape index (κ2) is 5.99. The Morgan fingerprint density at radius 2 is 1.90 bits per heavy atom. The summed E-state index contributed by atoms with van der Waals surface area (Å²) in [6.45, 7) is 7.17. The van der Waals surface area contributed by atoms with E-state index >= 15 is 0 Å². The second-order valence-corrected chi connectivity index (χ2v) is 4.84. The molecule has 0 amide bonds. The molecule has 0 spiro atoms. The lowest BCUT2D eigenvalue weighted by Crippen LogP contribution is -2.41. The minimum Gasteiger partial charge on any atom is -0.393 e. The highest BCUT2D eigenvalue weighted by Gasteiger charge is 2.12. The Kier molecular flexibility index (Phi) is 4.30. The summed E-state index contributed by atoms with van der Waals surface area (Å²) in [5.41, 5.74) is 6.76. The fourth-order valence-corrected chi connectivity index (χ4v) is 2.29. The Labute approximate surface area is 122 Å². The topological polar surface area (TPSA) is 87.8 Å². The second-order valence-electron chi connectivity index (χ2n) is 4.84. The maximum atomic E-state index is 12.3. The summed E-state index contributed by atoms with van der Waals surface area (Å²) in [6.07, 6.45) is 2.21. The standard InChI is InChI=1S/C14H21N5O2/c1-4-10-7-11(19(6-3)16-10)8-18-13(20)12(15)9-17(5-2)14(18)21/h7,9H,4-6,8,15H2,1-3H3. The molecule has 0 saturated carbocycles. The molecule has 0 aliphatic carbocycles. The van der Waals surface area contributed by atoms with Crippen LogP contribution < -0.4 is 17.0 Å². The number of hydrogen-bond acceptors (Lipinski definition) is 4. The Morgan fingerprint density at radius 3 is 2.48 bits per heavy atom. The van der Waals surface area contributed by atoms with Gasteiger partial charge in [-0.25, -0.2) is 4.79 Å². The minimum atomic E-state index is -0.452. The molecule has 21 heavy (non-hydrogen) atoms. The first-order chi connectivity index (χ1) is 10.0. The van der Waals surface area contributed by atoms with Crippen molar-refractivity contribution in [2.45, 2.75) is 46.8 Å². The normalized spacial score (nSPS) is 11.0. The van der Waals surface area contributed by atoms with Crippen LogP contribution in [0.1, 0.15) is 32.2 Å². The van der Waals surface area contributed by atoms with E-state index in [0.29, 0.717) is 13.1 Å². The van der Waals surface area contributed by atoms with Crippen LogP contribution in [0.5, 0.6) is 0 Å². The third-order valence-corrected chi connectivity index (χ3v) is 3.50. The van der Waals surface area contributed by atoms with Crippen LogP contribution in [0, 0.1) is 0 Å². The maximum Gasteiger partial charge on any atom is 0.331 e. The lowest BCUT2D eigenvalue weighted by atomic mass is 10.3. The monoisotopic (exact) mass is 291 g/mol. The third-order valence-electron chi connectivity index (χ3n) is 3.50. The maximum absolute atomic E-state index is 12.3. The highest BCUT2D eigenvalue weighted by atomic mass is 16.2. The first kappa shape index (κ1) is 15.1. The van der Waals surface area contributed by atoms with E-state index in [1.165, 1.54) is 15.3 Å². The van der Waals surface area contributed by atoms with Crippen molar-refractivity contribution >= 4 is 5.69 Å². The molecule has 0 bridgehead atoms. The van der Waals surface area contributed by atoms with E-state index < -0.39 is 5.56 Å². The molecule has 0 atom stereocenters. The largest absolute Gasteiger partial charge is 0.393 e. The summed E-state index contributed by atoms with van der Waals surface area (Å²) in [7, 11) is 0. The molecule has 0 fully saturated rings. The van der Waals surface area contributed by atoms with Gasteiger partial charge in [-0.1, -0.05) is 6.92 Å². The Hall–Kier alpha value is -2.31. The molecule has 2 aromatic heterocycles. The van der Waals surface area contributed by atoms with Crippen molar-refractivity contribution in [2.75, 3.05) is 5.73 Å². The molecule has 2 rings (SSSR count). The summed E-state index contributed by atoms with van der Waals surface area (Å²) in [5.74, 6) is 0. The molecular formula is C14H21N5O2. The van der Waals surface area contributed by atoms with Crippen LogP contribution in [0.15, 0.2) is 21.9 Å². The molecule has 7 heteroatoms. The van der Waals surface area contributed by atoms with Crippen molar-refractivity contribution in [3.63, 3.8) is 0 Å². The number of rotatable bonds is 5. The first-order valence-electron chi connectivity index (χ1n) is 7.17. The van der Waals surface area contributed by atoms with Gasteiger partial charge in [0.15, 0.2) is 0 Å². The highest BCUT2D eigenvalue weighted by Crippen LogP contribution is 2.06. The molecule has 7 nitrogen and oxygen atoms in total. The van der Waals surface area contributed by atoms with Crippen molar-refractivity contribution in [3.8, 4) is 0 Å². The SMILES string of the molecule is CCc1cc(Cn2c(=O)c(N)cn(CC)c2=O)n(CC)n1. The van der Waals surface area contributed by atoms with E-state index in [4.69, 9.17) is 5.73 Å². The molecule has 114 valence electrons. The molecule has 2 heterocycles. The van der Waals surface area contributed by atoms with E-state index in [1.807, 2.05) is 31.5 Å². The lowest BCUT2D eigenvalue weighted by Gasteiger charge is -2.10. The van der Waals surface area contributed by atoms with Crippen LogP contribution in [0.25, 0.3) is 0 Å². The van der Waals surface area contributed by atoms with Crippen molar-refractivity contribution in [2.24, 2.45) is 0 Å². The van der Waals surface area contributed by atoms with Gasteiger partial charge in [-0.05, 0) is 26.3 Å². The summed E-state index contributed by atoms with van der Waals surface area (Å²) in [6, 6.07) is 1.93. The molecule has 0 unspecified atom stereocenters. The fraction of sp³-hybridized carbons (Fsp3) is 0.500. The zero-order valence-electron chi connectivity index (χ0n) is 12.7. The average Bonchev–Trinajstić information content (AvgIpc) is 2.89. The summed E-state index contributed by atoms with van der Waals surface area (Å²) < 4.78 is 4.41. The van der Waals surface area contributed by atoms with Crippen molar-refractivity contribution in [1.82, 2.24) is 18.9 Å². The van der Waals surface area contributed by atoms with E-state index in [0.717, 1.165) is 17.8 Å².